The van der Waals surface area contributed by atoms with Crippen LogP contribution in [0.3, 0.4) is 0 Å². The van der Waals surface area contributed by atoms with Gasteiger partial charge in [-0.3, -0.25) is 0 Å². The molecule has 0 saturated heterocycles. The van der Waals surface area contributed by atoms with Gasteiger partial charge < -0.3 is 4.90 Å². The normalized spacial score (nSPS) is 14.1. The molecule has 0 heterocycles. The maximum absolute atomic E-state index is 2.51. The van der Waals surface area contributed by atoms with Gasteiger partial charge in [-0.2, -0.15) is 0 Å². The standard InChI is InChI=1S/C56H41N/c1-55(2)50-25-13-14-26-52(50)56(48-23-11-8-21-46(48)47-22-9-12-24-49(47)56)53-37-42(31-35-51(53)55)39-28-32-43(33-29-39)57(44-34-30-38-16-6-7-19-41(38)36-44)54-27-15-10-20-45(54)40-17-4-3-5-18-40/h3-37H,1-2H3. The van der Waals surface area contributed by atoms with Crippen molar-refractivity contribution in [1.29, 1.82) is 0 Å². The van der Waals surface area contributed by atoms with E-state index in [0.717, 1.165) is 17.1 Å². The SMILES string of the molecule is CC1(C)c2ccccc2C2(c3ccccc3-c3ccccc32)c2cc(-c3ccc(N(c4ccc5ccccc5c4)c4ccccc4-c4ccccc4)cc3)ccc21. The average molecular weight is 728 g/mol. The zero-order valence-electron chi connectivity index (χ0n) is 32.2. The zero-order valence-corrected chi connectivity index (χ0v) is 32.2. The van der Waals surface area contributed by atoms with Gasteiger partial charge in [0.15, 0.2) is 0 Å². The Hall–Kier alpha value is -6.96. The van der Waals surface area contributed by atoms with E-state index in [0.29, 0.717) is 0 Å². The lowest BCUT2D eigenvalue weighted by atomic mass is 9.55. The summed E-state index contributed by atoms with van der Waals surface area (Å²) in [5.41, 5.74) is 18.5. The summed E-state index contributed by atoms with van der Waals surface area (Å²) in [5, 5.41) is 2.45. The number of para-hydroxylation sites is 1. The Balaban J connectivity index is 1.09. The predicted molar refractivity (Wildman–Crippen MR) is 239 cm³/mol. The third-order valence-electron chi connectivity index (χ3n) is 12.7. The second-order valence-electron chi connectivity index (χ2n) is 16.1. The first-order valence-electron chi connectivity index (χ1n) is 20.0. The van der Waals surface area contributed by atoms with Gasteiger partial charge in [-0.15, -0.1) is 0 Å². The van der Waals surface area contributed by atoms with Crippen LogP contribution in [0, 0.1) is 0 Å². The number of benzene rings is 9. The summed E-state index contributed by atoms with van der Waals surface area (Å²) in [6.07, 6.45) is 0. The molecule has 2 aliphatic rings. The molecule has 0 fully saturated rings. The molecule has 0 N–H and O–H groups in total. The Morgan fingerprint density at radius 2 is 0.842 bits per heavy atom. The van der Waals surface area contributed by atoms with Crippen molar-refractivity contribution in [1.82, 2.24) is 0 Å². The fourth-order valence-corrected chi connectivity index (χ4v) is 10.1. The van der Waals surface area contributed by atoms with Gasteiger partial charge >= 0.3 is 0 Å². The third-order valence-corrected chi connectivity index (χ3v) is 12.7. The largest absolute Gasteiger partial charge is 0.310 e. The van der Waals surface area contributed by atoms with Crippen molar-refractivity contribution in [2.75, 3.05) is 4.90 Å². The molecule has 0 aromatic heterocycles. The minimum atomic E-state index is -0.418. The van der Waals surface area contributed by atoms with Crippen molar-refractivity contribution in [3.63, 3.8) is 0 Å². The monoisotopic (exact) mass is 727 g/mol. The van der Waals surface area contributed by atoms with E-state index >= 15 is 0 Å². The van der Waals surface area contributed by atoms with E-state index in [1.165, 1.54) is 77.5 Å². The molecule has 0 saturated carbocycles. The number of anilines is 3. The number of rotatable bonds is 5. The van der Waals surface area contributed by atoms with Crippen LogP contribution in [0.15, 0.2) is 212 Å². The molecule has 57 heavy (non-hydrogen) atoms. The molecule has 1 spiro atoms. The van der Waals surface area contributed by atoms with Crippen LogP contribution in [0.5, 0.6) is 0 Å². The quantitative estimate of drug-likeness (QED) is 0.171. The maximum Gasteiger partial charge on any atom is 0.0719 e. The Labute approximate surface area is 335 Å². The highest BCUT2D eigenvalue weighted by atomic mass is 15.1. The molecule has 9 aromatic carbocycles. The fourth-order valence-electron chi connectivity index (χ4n) is 10.1. The Morgan fingerprint density at radius 1 is 0.316 bits per heavy atom. The first-order valence-corrected chi connectivity index (χ1v) is 20.0. The molecule has 0 bridgehead atoms. The van der Waals surface area contributed by atoms with Crippen LogP contribution < -0.4 is 4.90 Å². The van der Waals surface area contributed by atoms with Crippen molar-refractivity contribution in [3.05, 3.63) is 246 Å². The summed E-state index contributed by atoms with van der Waals surface area (Å²) in [5.74, 6) is 0. The summed E-state index contributed by atoms with van der Waals surface area (Å²) >= 11 is 0. The Kier molecular flexibility index (Phi) is 7.50. The Morgan fingerprint density at radius 3 is 1.56 bits per heavy atom. The molecule has 9 aromatic rings. The molecule has 0 radical (unpaired) electrons. The van der Waals surface area contributed by atoms with Crippen LogP contribution in [0.25, 0.3) is 44.2 Å². The van der Waals surface area contributed by atoms with Gasteiger partial charge in [0, 0.05) is 22.4 Å². The van der Waals surface area contributed by atoms with Crippen LogP contribution in [0.4, 0.5) is 17.1 Å². The molecule has 0 aliphatic heterocycles. The first-order chi connectivity index (χ1) is 28.0. The van der Waals surface area contributed by atoms with Crippen LogP contribution in [0.1, 0.15) is 47.2 Å². The highest BCUT2D eigenvalue weighted by Crippen LogP contribution is 2.62. The van der Waals surface area contributed by atoms with E-state index in [-0.39, 0.29) is 5.41 Å². The van der Waals surface area contributed by atoms with Crippen molar-refractivity contribution in [3.8, 4) is 33.4 Å². The minimum Gasteiger partial charge on any atom is -0.310 e. The van der Waals surface area contributed by atoms with Crippen LogP contribution in [0.2, 0.25) is 0 Å². The fraction of sp³-hybridized carbons (Fsp3) is 0.0714. The van der Waals surface area contributed by atoms with E-state index in [4.69, 9.17) is 0 Å². The van der Waals surface area contributed by atoms with E-state index in [1.54, 1.807) is 0 Å². The van der Waals surface area contributed by atoms with Crippen LogP contribution in [-0.4, -0.2) is 0 Å². The predicted octanol–water partition coefficient (Wildman–Crippen LogP) is 14.6. The van der Waals surface area contributed by atoms with E-state index < -0.39 is 5.41 Å². The van der Waals surface area contributed by atoms with E-state index in [1.807, 2.05) is 0 Å². The van der Waals surface area contributed by atoms with Gasteiger partial charge in [0.2, 0.25) is 0 Å². The smallest absolute Gasteiger partial charge is 0.0719 e. The lowest BCUT2D eigenvalue weighted by molar-refractivity contribution is 0.563. The van der Waals surface area contributed by atoms with Gasteiger partial charge in [-0.1, -0.05) is 190 Å². The molecule has 0 atom stereocenters. The molecular weight excluding hydrogens is 687 g/mol. The topological polar surface area (TPSA) is 3.24 Å². The molecular formula is C56H41N. The van der Waals surface area contributed by atoms with Crippen molar-refractivity contribution in [2.24, 2.45) is 0 Å². The van der Waals surface area contributed by atoms with Gasteiger partial charge in [0.25, 0.3) is 0 Å². The van der Waals surface area contributed by atoms with Crippen molar-refractivity contribution in [2.45, 2.75) is 24.7 Å². The average Bonchev–Trinajstić information content (AvgIpc) is 3.57. The molecule has 1 nitrogen and oxygen atoms in total. The molecule has 2 aliphatic carbocycles. The van der Waals surface area contributed by atoms with Gasteiger partial charge in [0.05, 0.1) is 11.1 Å². The maximum atomic E-state index is 2.51. The second kappa shape index (κ2) is 12.8. The highest BCUT2D eigenvalue weighted by molar-refractivity contribution is 5.94. The van der Waals surface area contributed by atoms with Gasteiger partial charge in [-0.05, 0) is 108 Å². The lowest BCUT2D eigenvalue weighted by Gasteiger charge is -2.46. The van der Waals surface area contributed by atoms with Crippen LogP contribution in [-0.2, 0) is 10.8 Å². The third kappa shape index (κ3) is 4.95. The number of hydrogen-bond acceptors (Lipinski definition) is 1. The number of nitrogens with zero attached hydrogens (tertiary/aromatic N) is 1. The number of fused-ring (bicyclic) bond motifs is 10. The summed E-state index contributed by atoms with van der Waals surface area (Å²) in [6, 6.07) is 78.7. The van der Waals surface area contributed by atoms with Gasteiger partial charge in [-0.25, -0.2) is 0 Å². The second-order valence-corrected chi connectivity index (χ2v) is 16.1. The lowest BCUT2D eigenvalue weighted by Crippen LogP contribution is -2.40. The summed E-state index contributed by atoms with van der Waals surface area (Å²) in [4.78, 5) is 2.41. The first kappa shape index (κ1) is 33.4. The highest BCUT2D eigenvalue weighted by Gasteiger charge is 2.53. The Bertz CT molecular complexity index is 2940. The molecule has 270 valence electrons. The number of hydrogen-bond donors (Lipinski definition) is 0. The summed E-state index contributed by atoms with van der Waals surface area (Å²) in [6.45, 7) is 4.79. The minimum absolute atomic E-state index is 0.168. The van der Waals surface area contributed by atoms with Crippen molar-refractivity contribution < 1.29 is 0 Å². The van der Waals surface area contributed by atoms with Crippen LogP contribution >= 0.6 is 0 Å². The van der Waals surface area contributed by atoms with E-state index in [2.05, 4.69) is 231 Å². The zero-order chi connectivity index (χ0) is 38.1. The van der Waals surface area contributed by atoms with E-state index in [9.17, 15) is 0 Å². The van der Waals surface area contributed by atoms with Crippen molar-refractivity contribution >= 4 is 27.8 Å². The molecule has 11 rings (SSSR count). The molecule has 0 amide bonds. The molecule has 0 unspecified atom stereocenters. The summed E-state index contributed by atoms with van der Waals surface area (Å²) < 4.78 is 0. The summed E-state index contributed by atoms with van der Waals surface area (Å²) in [7, 11) is 0. The van der Waals surface area contributed by atoms with Gasteiger partial charge in [0.1, 0.15) is 0 Å². The molecule has 1 heteroatoms.